The summed E-state index contributed by atoms with van der Waals surface area (Å²) in [6, 6.07) is 0. The second kappa shape index (κ2) is 8.22. The van der Waals surface area contributed by atoms with Gasteiger partial charge in [-0.25, -0.2) is 0 Å². The van der Waals surface area contributed by atoms with Crippen LogP contribution in [0.3, 0.4) is 0 Å². The van der Waals surface area contributed by atoms with Gasteiger partial charge in [0.25, 0.3) is 0 Å². The molecule has 0 N–H and O–H groups in total. The molecule has 0 saturated carbocycles. The highest BCUT2D eigenvalue weighted by Gasteiger charge is 1.82. The van der Waals surface area contributed by atoms with Crippen LogP contribution < -0.4 is 0 Å². The van der Waals surface area contributed by atoms with Crippen LogP contribution in [0.25, 0.3) is 0 Å². The number of hydrogen-bond acceptors (Lipinski definition) is 0. The lowest BCUT2D eigenvalue weighted by molar-refractivity contribution is 0.855. The van der Waals surface area contributed by atoms with Crippen molar-refractivity contribution in [2.75, 3.05) is 0 Å². The van der Waals surface area contributed by atoms with Crippen LogP contribution in [0.15, 0.2) is 0 Å². The molecule has 0 rings (SSSR count). The largest absolute Gasteiger partial charge is 0.104 e. The van der Waals surface area contributed by atoms with Gasteiger partial charge in [0.05, 0.1) is 0 Å². The van der Waals surface area contributed by atoms with Crippen molar-refractivity contribution in [1.29, 1.82) is 0 Å². The molecule has 0 saturated heterocycles. The van der Waals surface area contributed by atoms with Gasteiger partial charge in [-0.3, -0.25) is 0 Å². The Kier molecular flexibility index (Phi) is 7.62. The van der Waals surface area contributed by atoms with E-state index in [-0.39, 0.29) is 0 Å². The van der Waals surface area contributed by atoms with Gasteiger partial charge in [-0.1, -0.05) is 20.8 Å². The molecule has 0 radical (unpaired) electrons. The van der Waals surface area contributed by atoms with E-state index in [0.717, 1.165) is 25.7 Å². The van der Waals surface area contributed by atoms with Crippen molar-refractivity contribution in [2.45, 2.75) is 46.5 Å². The maximum Gasteiger partial charge on any atom is 0.0146 e. The zero-order valence-corrected chi connectivity index (χ0v) is 8.41. The highest BCUT2D eigenvalue weighted by molar-refractivity contribution is 5.03. The summed E-state index contributed by atoms with van der Waals surface area (Å²) in [7, 11) is 0. The predicted molar refractivity (Wildman–Crippen MR) is 54.5 cm³/mol. The molecule has 0 fully saturated rings. The first kappa shape index (κ1) is 11.1. The Morgan fingerprint density at radius 2 is 1.67 bits per heavy atom. The van der Waals surface area contributed by atoms with Crippen LogP contribution in [0.1, 0.15) is 46.5 Å². The highest BCUT2D eigenvalue weighted by Crippen LogP contribution is 1.93. The number of unbranched alkanes of at least 4 members (excludes halogenated alkanes) is 2. The van der Waals surface area contributed by atoms with Gasteiger partial charge in [-0.2, -0.15) is 0 Å². The molecule has 0 amide bonds. The third-order valence-corrected chi connectivity index (χ3v) is 1.30. The van der Waals surface area contributed by atoms with E-state index in [1.165, 1.54) is 0 Å². The van der Waals surface area contributed by atoms with Crippen LogP contribution >= 0.6 is 0 Å². The molecule has 0 nitrogen and oxygen atoms in total. The fraction of sp³-hybridized carbons (Fsp3) is 0.667. The fourth-order valence-corrected chi connectivity index (χ4v) is 0.755. The maximum absolute atomic E-state index is 3.14. The van der Waals surface area contributed by atoms with Crippen LogP contribution in [0.2, 0.25) is 0 Å². The molecule has 0 spiro atoms. The Hall–Kier alpha value is -0.880. The summed E-state index contributed by atoms with van der Waals surface area (Å²) in [5.41, 5.74) is 0. The molecule has 66 valence electrons. The van der Waals surface area contributed by atoms with Gasteiger partial charge in [0.15, 0.2) is 0 Å². The van der Waals surface area contributed by atoms with Crippen molar-refractivity contribution < 1.29 is 0 Å². The third kappa shape index (κ3) is 9.12. The molecule has 0 unspecified atom stereocenters. The summed E-state index contributed by atoms with van der Waals surface area (Å²) in [5, 5.41) is 0. The molecular formula is C12H18. The summed E-state index contributed by atoms with van der Waals surface area (Å²) in [4.78, 5) is 0. The van der Waals surface area contributed by atoms with E-state index < -0.39 is 0 Å². The second-order valence-corrected chi connectivity index (χ2v) is 3.04. The summed E-state index contributed by atoms with van der Waals surface area (Å²) >= 11 is 0. The molecular weight excluding hydrogens is 144 g/mol. The normalized spacial score (nSPS) is 8.33. The minimum Gasteiger partial charge on any atom is -0.104 e. The van der Waals surface area contributed by atoms with Gasteiger partial charge in [0, 0.05) is 25.2 Å². The third-order valence-electron chi connectivity index (χ3n) is 1.30. The first-order chi connectivity index (χ1) is 5.77. The Balaban J connectivity index is 3.29. The molecule has 0 aliphatic heterocycles. The standard InChI is InChI=1S/C12H18/c1-4-5-6-7-8-9-10-11-12(2)3/h12H,4,7-9H2,1-3H3. The van der Waals surface area contributed by atoms with Gasteiger partial charge in [0.1, 0.15) is 0 Å². The number of rotatable bonds is 2. The van der Waals surface area contributed by atoms with Crippen molar-refractivity contribution in [3.05, 3.63) is 0 Å². The topological polar surface area (TPSA) is 0 Å². The van der Waals surface area contributed by atoms with Crippen LogP contribution in [0.4, 0.5) is 0 Å². The van der Waals surface area contributed by atoms with Gasteiger partial charge in [0.2, 0.25) is 0 Å². The molecule has 0 heterocycles. The zero-order chi connectivity index (χ0) is 9.23. The van der Waals surface area contributed by atoms with E-state index in [9.17, 15) is 0 Å². The first-order valence-electron chi connectivity index (χ1n) is 4.71. The summed E-state index contributed by atoms with van der Waals surface area (Å²) < 4.78 is 0. The van der Waals surface area contributed by atoms with Gasteiger partial charge in [-0.15, -0.1) is 23.7 Å². The minimum absolute atomic E-state index is 0.506. The van der Waals surface area contributed by atoms with Crippen molar-refractivity contribution in [2.24, 2.45) is 5.92 Å². The average molecular weight is 162 g/mol. The Morgan fingerprint density at radius 3 is 2.25 bits per heavy atom. The quantitative estimate of drug-likeness (QED) is 0.432. The van der Waals surface area contributed by atoms with E-state index >= 15 is 0 Å². The summed E-state index contributed by atoms with van der Waals surface area (Å²) in [6.45, 7) is 6.30. The van der Waals surface area contributed by atoms with E-state index in [0.29, 0.717) is 5.92 Å². The molecule has 0 bridgehead atoms. The zero-order valence-electron chi connectivity index (χ0n) is 8.41. The lowest BCUT2D eigenvalue weighted by atomic mass is 10.2. The van der Waals surface area contributed by atoms with Gasteiger partial charge >= 0.3 is 0 Å². The van der Waals surface area contributed by atoms with Crippen molar-refractivity contribution in [3.8, 4) is 23.7 Å². The fourth-order valence-electron chi connectivity index (χ4n) is 0.755. The van der Waals surface area contributed by atoms with E-state index in [2.05, 4.69) is 44.5 Å². The van der Waals surface area contributed by atoms with E-state index in [4.69, 9.17) is 0 Å². The van der Waals surface area contributed by atoms with Crippen molar-refractivity contribution in [1.82, 2.24) is 0 Å². The van der Waals surface area contributed by atoms with Crippen LogP contribution in [0.5, 0.6) is 0 Å². The summed E-state index contributed by atoms with van der Waals surface area (Å²) in [5.74, 6) is 12.9. The molecule has 12 heavy (non-hydrogen) atoms. The average Bonchev–Trinajstić information content (AvgIpc) is 2.02. The van der Waals surface area contributed by atoms with Crippen LogP contribution in [-0.4, -0.2) is 0 Å². The maximum atomic E-state index is 3.14. The van der Waals surface area contributed by atoms with Crippen LogP contribution in [-0.2, 0) is 0 Å². The predicted octanol–water partition coefficient (Wildman–Crippen LogP) is 3.23. The molecule has 0 aromatic heterocycles. The molecule has 0 heteroatoms. The van der Waals surface area contributed by atoms with E-state index in [1.54, 1.807) is 0 Å². The SMILES string of the molecule is CCC#CCCCC#CC(C)C. The molecule has 0 aromatic rings. The molecule has 0 aliphatic carbocycles. The smallest absolute Gasteiger partial charge is 0.0146 e. The first-order valence-corrected chi connectivity index (χ1v) is 4.71. The Labute approximate surface area is 76.8 Å². The minimum atomic E-state index is 0.506. The van der Waals surface area contributed by atoms with Gasteiger partial charge in [-0.05, 0) is 6.42 Å². The number of hydrogen-bond donors (Lipinski definition) is 0. The molecule has 0 aromatic carbocycles. The van der Waals surface area contributed by atoms with Crippen molar-refractivity contribution in [3.63, 3.8) is 0 Å². The second-order valence-electron chi connectivity index (χ2n) is 3.04. The Morgan fingerprint density at radius 1 is 1.00 bits per heavy atom. The molecule has 0 aliphatic rings. The van der Waals surface area contributed by atoms with Gasteiger partial charge < -0.3 is 0 Å². The monoisotopic (exact) mass is 162 g/mol. The lowest BCUT2D eigenvalue weighted by Gasteiger charge is -1.87. The van der Waals surface area contributed by atoms with Crippen molar-refractivity contribution >= 4 is 0 Å². The highest BCUT2D eigenvalue weighted by atomic mass is 13.9. The van der Waals surface area contributed by atoms with E-state index in [1.807, 2.05) is 0 Å². The van der Waals surface area contributed by atoms with Crippen LogP contribution in [0, 0.1) is 29.6 Å². The lowest BCUT2D eigenvalue weighted by Crippen LogP contribution is -1.78. The Bertz CT molecular complexity index is 202. The summed E-state index contributed by atoms with van der Waals surface area (Å²) in [6.07, 6.45) is 4.08. The molecule has 0 atom stereocenters.